The van der Waals surface area contributed by atoms with Gasteiger partial charge in [-0.15, -0.1) is 0 Å². The van der Waals surface area contributed by atoms with E-state index in [4.69, 9.17) is 0 Å². The van der Waals surface area contributed by atoms with Gasteiger partial charge in [-0.05, 0) is 55.2 Å². The number of fused-ring (bicyclic) bond motifs is 1. The number of amides is 2. The van der Waals surface area contributed by atoms with E-state index in [1.165, 1.54) is 6.26 Å². The summed E-state index contributed by atoms with van der Waals surface area (Å²) in [6, 6.07) is 12.2. The van der Waals surface area contributed by atoms with E-state index in [1.807, 2.05) is 25.1 Å². The van der Waals surface area contributed by atoms with Gasteiger partial charge in [-0.25, -0.2) is 8.42 Å². The van der Waals surface area contributed by atoms with Crippen molar-refractivity contribution in [3.8, 4) is 0 Å². The van der Waals surface area contributed by atoms with Crippen LogP contribution in [0.4, 0.5) is 5.69 Å². The molecule has 3 rings (SSSR count). The van der Waals surface area contributed by atoms with Crippen molar-refractivity contribution in [1.29, 1.82) is 0 Å². The van der Waals surface area contributed by atoms with Crippen molar-refractivity contribution in [2.45, 2.75) is 31.1 Å². The molecule has 1 N–H and O–H groups in total. The first kappa shape index (κ1) is 20.1. The molecule has 2 aromatic carbocycles. The molecule has 28 heavy (non-hydrogen) atoms. The fourth-order valence-corrected chi connectivity index (χ4v) is 4.08. The maximum Gasteiger partial charge on any atom is 0.251 e. The normalized spacial score (nSPS) is 13.7. The molecular formula is C21H24N2O4S. The summed E-state index contributed by atoms with van der Waals surface area (Å²) in [5.74, 6) is -0.277. The molecule has 7 heteroatoms. The van der Waals surface area contributed by atoms with E-state index in [1.54, 1.807) is 29.2 Å². The van der Waals surface area contributed by atoms with Gasteiger partial charge in [0.05, 0.1) is 4.90 Å². The standard InChI is InChI=1S/C21H24N2O4S/c1-15-6-3-4-8-18(15)21(25)22-12-11-20(24)23-13-5-7-16-14-17(28(2,26)27)9-10-19(16)23/h3-4,6,8-10,14H,5,7,11-13H2,1-2H3,(H,22,25). The lowest BCUT2D eigenvalue weighted by Crippen LogP contribution is -2.38. The van der Waals surface area contributed by atoms with Crippen LogP contribution in [0.25, 0.3) is 0 Å². The zero-order valence-electron chi connectivity index (χ0n) is 16.1. The number of aryl methyl sites for hydroxylation is 2. The van der Waals surface area contributed by atoms with Crippen molar-refractivity contribution in [2.24, 2.45) is 0 Å². The Labute approximate surface area is 165 Å². The molecule has 0 aliphatic carbocycles. The van der Waals surface area contributed by atoms with Crippen LogP contribution in [0.3, 0.4) is 0 Å². The van der Waals surface area contributed by atoms with Gasteiger partial charge in [0.15, 0.2) is 9.84 Å². The molecule has 1 aliphatic rings. The quantitative estimate of drug-likeness (QED) is 0.836. The smallest absolute Gasteiger partial charge is 0.251 e. The van der Waals surface area contributed by atoms with Crippen molar-refractivity contribution in [2.75, 3.05) is 24.2 Å². The lowest BCUT2D eigenvalue weighted by Gasteiger charge is -2.30. The van der Waals surface area contributed by atoms with Crippen LogP contribution in [0.1, 0.15) is 34.3 Å². The van der Waals surface area contributed by atoms with Crippen LogP contribution < -0.4 is 10.2 Å². The largest absolute Gasteiger partial charge is 0.352 e. The molecule has 148 valence electrons. The number of anilines is 1. The minimum Gasteiger partial charge on any atom is -0.352 e. The second-order valence-electron chi connectivity index (χ2n) is 7.03. The molecule has 1 heterocycles. The molecule has 0 atom stereocenters. The first-order valence-electron chi connectivity index (χ1n) is 9.24. The Bertz CT molecular complexity index is 1010. The van der Waals surface area contributed by atoms with Crippen LogP contribution in [0, 0.1) is 6.92 Å². The molecular weight excluding hydrogens is 376 g/mol. The fraction of sp³-hybridized carbons (Fsp3) is 0.333. The zero-order valence-corrected chi connectivity index (χ0v) is 16.9. The van der Waals surface area contributed by atoms with E-state index in [9.17, 15) is 18.0 Å². The molecule has 2 amide bonds. The Hall–Kier alpha value is -2.67. The lowest BCUT2D eigenvalue weighted by molar-refractivity contribution is -0.118. The fourth-order valence-electron chi connectivity index (χ4n) is 3.40. The van der Waals surface area contributed by atoms with E-state index >= 15 is 0 Å². The number of hydrogen-bond acceptors (Lipinski definition) is 4. The van der Waals surface area contributed by atoms with Gasteiger partial charge in [-0.3, -0.25) is 9.59 Å². The van der Waals surface area contributed by atoms with E-state index in [2.05, 4.69) is 5.32 Å². The predicted octanol–water partition coefficient (Wildman–Crippen LogP) is 2.50. The van der Waals surface area contributed by atoms with Crippen molar-refractivity contribution in [3.05, 3.63) is 59.2 Å². The summed E-state index contributed by atoms with van der Waals surface area (Å²) in [5, 5.41) is 2.80. The highest BCUT2D eigenvalue weighted by atomic mass is 32.2. The summed E-state index contributed by atoms with van der Waals surface area (Å²) in [6.07, 6.45) is 2.89. The molecule has 0 aromatic heterocycles. The van der Waals surface area contributed by atoms with Gasteiger partial charge < -0.3 is 10.2 Å². The highest BCUT2D eigenvalue weighted by molar-refractivity contribution is 7.90. The monoisotopic (exact) mass is 400 g/mol. The number of benzene rings is 2. The average Bonchev–Trinajstić information content (AvgIpc) is 2.66. The third-order valence-corrected chi connectivity index (χ3v) is 6.02. The summed E-state index contributed by atoms with van der Waals surface area (Å²) >= 11 is 0. The first-order valence-corrected chi connectivity index (χ1v) is 11.1. The number of sulfone groups is 1. The Morgan fingerprint density at radius 2 is 1.89 bits per heavy atom. The van der Waals surface area contributed by atoms with Crippen LogP contribution in [-0.4, -0.2) is 39.6 Å². The van der Waals surface area contributed by atoms with Gasteiger partial charge in [0, 0.05) is 37.0 Å². The topological polar surface area (TPSA) is 83.6 Å². The number of carbonyl (C=O) groups excluding carboxylic acids is 2. The van der Waals surface area contributed by atoms with Crippen LogP contribution in [0.2, 0.25) is 0 Å². The summed E-state index contributed by atoms with van der Waals surface area (Å²) < 4.78 is 23.5. The lowest BCUT2D eigenvalue weighted by atomic mass is 10.0. The second-order valence-corrected chi connectivity index (χ2v) is 9.05. The predicted molar refractivity (Wildman–Crippen MR) is 108 cm³/mol. The molecule has 2 aromatic rings. The van der Waals surface area contributed by atoms with Gasteiger partial charge in [0.25, 0.3) is 5.91 Å². The summed E-state index contributed by atoms with van der Waals surface area (Å²) in [6.45, 7) is 2.71. The molecule has 0 saturated carbocycles. The molecule has 0 fully saturated rings. The maximum absolute atomic E-state index is 12.7. The Kier molecular flexibility index (Phi) is 5.84. The van der Waals surface area contributed by atoms with Gasteiger partial charge in [-0.2, -0.15) is 0 Å². The van der Waals surface area contributed by atoms with Crippen molar-refractivity contribution >= 4 is 27.3 Å². The molecule has 0 bridgehead atoms. The zero-order chi connectivity index (χ0) is 20.3. The van der Waals surface area contributed by atoms with E-state index in [0.717, 1.165) is 29.7 Å². The molecule has 0 unspecified atom stereocenters. The molecule has 0 spiro atoms. The minimum absolute atomic E-state index is 0.0851. The van der Waals surface area contributed by atoms with Crippen LogP contribution in [0.5, 0.6) is 0 Å². The Morgan fingerprint density at radius 1 is 1.14 bits per heavy atom. The molecule has 0 radical (unpaired) electrons. The SMILES string of the molecule is Cc1ccccc1C(=O)NCCC(=O)N1CCCc2cc(S(C)(=O)=O)ccc21. The number of nitrogens with zero attached hydrogens (tertiary/aromatic N) is 1. The highest BCUT2D eigenvalue weighted by Crippen LogP contribution is 2.29. The molecule has 0 saturated heterocycles. The third kappa shape index (κ3) is 4.42. The number of carbonyl (C=O) groups is 2. The van der Waals surface area contributed by atoms with Crippen molar-refractivity contribution < 1.29 is 18.0 Å². The summed E-state index contributed by atoms with van der Waals surface area (Å²) in [5.41, 5.74) is 3.12. The van der Waals surface area contributed by atoms with Gasteiger partial charge >= 0.3 is 0 Å². The minimum atomic E-state index is -3.28. The number of rotatable bonds is 5. The highest BCUT2D eigenvalue weighted by Gasteiger charge is 2.23. The van der Waals surface area contributed by atoms with Crippen LogP contribution >= 0.6 is 0 Å². The molecule has 6 nitrogen and oxygen atoms in total. The van der Waals surface area contributed by atoms with E-state index in [-0.39, 0.29) is 29.7 Å². The van der Waals surface area contributed by atoms with Crippen LogP contribution in [-0.2, 0) is 21.1 Å². The van der Waals surface area contributed by atoms with E-state index in [0.29, 0.717) is 12.1 Å². The Morgan fingerprint density at radius 3 is 2.61 bits per heavy atom. The Balaban J connectivity index is 1.65. The van der Waals surface area contributed by atoms with Gasteiger partial charge in [0.2, 0.25) is 5.91 Å². The van der Waals surface area contributed by atoms with E-state index < -0.39 is 9.84 Å². The molecule has 1 aliphatic heterocycles. The first-order chi connectivity index (χ1) is 13.3. The van der Waals surface area contributed by atoms with Crippen LogP contribution in [0.15, 0.2) is 47.4 Å². The maximum atomic E-state index is 12.7. The summed E-state index contributed by atoms with van der Waals surface area (Å²) in [7, 11) is -3.28. The van der Waals surface area contributed by atoms with Gasteiger partial charge in [-0.1, -0.05) is 18.2 Å². The number of nitrogens with one attached hydrogen (secondary N) is 1. The third-order valence-electron chi connectivity index (χ3n) is 4.91. The summed E-state index contributed by atoms with van der Waals surface area (Å²) in [4.78, 5) is 26.9. The van der Waals surface area contributed by atoms with Gasteiger partial charge in [0.1, 0.15) is 0 Å². The van der Waals surface area contributed by atoms with Crippen molar-refractivity contribution in [1.82, 2.24) is 5.32 Å². The average molecular weight is 401 g/mol. The van der Waals surface area contributed by atoms with Crippen molar-refractivity contribution in [3.63, 3.8) is 0 Å². The number of hydrogen-bond donors (Lipinski definition) is 1. The second kappa shape index (κ2) is 8.14.